The summed E-state index contributed by atoms with van der Waals surface area (Å²) >= 11 is 0. The Morgan fingerprint density at radius 1 is 1.45 bits per heavy atom. The summed E-state index contributed by atoms with van der Waals surface area (Å²) < 4.78 is 5.18. The van der Waals surface area contributed by atoms with Gasteiger partial charge in [0, 0.05) is 20.2 Å². The highest BCUT2D eigenvalue weighted by Crippen LogP contribution is 2.22. The molecule has 0 atom stereocenters. The van der Waals surface area contributed by atoms with Crippen molar-refractivity contribution in [1.82, 2.24) is 4.90 Å². The fraction of sp³-hybridized carbons (Fsp3) is 0.875. The second-order valence-corrected chi connectivity index (χ2v) is 3.19. The Kier molecular flexibility index (Phi) is 2.62. The predicted octanol–water partition coefficient (Wildman–Crippen LogP) is 0.296. The van der Waals surface area contributed by atoms with E-state index in [-0.39, 0.29) is 0 Å². The lowest BCUT2D eigenvalue weighted by molar-refractivity contribution is -0.132. The van der Waals surface area contributed by atoms with E-state index in [9.17, 15) is 4.79 Å². The highest BCUT2D eigenvalue weighted by molar-refractivity contribution is 5.62. The highest BCUT2D eigenvalue weighted by atomic mass is 16.5. The summed E-state index contributed by atoms with van der Waals surface area (Å²) in [7, 11) is 3.67. The van der Waals surface area contributed by atoms with Crippen molar-refractivity contribution in [3.05, 3.63) is 0 Å². The Bertz CT molecular complexity index is 139. The van der Waals surface area contributed by atoms with E-state index in [4.69, 9.17) is 4.74 Å². The van der Waals surface area contributed by atoms with Crippen molar-refractivity contribution in [2.75, 3.05) is 27.2 Å². The lowest BCUT2D eigenvalue weighted by Gasteiger charge is -2.35. The first kappa shape index (κ1) is 8.68. The first-order valence-electron chi connectivity index (χ1n) is 3.92. The smallest absolute Gasteiger partial charge is 0.151 e. The summed E-state index contributed by atoms with van der Waals surface area (Å²) in [5, 5.41) is 0. The lowest BCUT2D eigenvalue weighted by Crippen LogP contribution is -2.45. The van der Waals surface area contributed by atoms with Crippen LogP contribution in [0.25, 0.3) is 0 Å². The molecule has 0 spiro atoms. The second-order valence-electron chi connectivity index (χ2n) is 3.19. The van der Waals surface area contributed by atoms with E-state index in [2.05, 4.69) is 11.9 Å². The molecule has 0 bridgehead atoms. The monoisotopic (exact) mass is 157 g/mol. The fourth-order valence-corrected chi connectivity index (χ4v) is 1.37. The van der Waals surface area contributed by atoms with Gasteiger partial charge >= 0.3 is 0 Å². The molecule has 0 saturated carbocycles. The van der Waals surface area contributed by atoms with Crippen molar-refractivity contribution < 1.29 is 9.53 Å². The largest absolute Gasteiger partial charge is 0.371 e. The van der Waals surface area contributed by atoms with Crippen LogP contribution in [-0.4, -0.2) is 44.0 Å². The molecule has 1 aliphatic heterocycles. The molecule has 1 rings (SSSR count). The van der Waals surface area contributed by atoms with Gasteiger partial charge in [-0.3, -0.25) is 0 Å². The Labute approximate surface area is 67.3 Å². The standard InChI is InChI=1S/C8H15NO2/c1-9-5-3-8(7-10,11-2)4-6-9/h7H,3-6H2,1-2H3. The van der Waals surface area contributed by atoms with Gasteiger partial charge in [0.2, 0.25) is 0 Å². The molecule has 64 valence electrons. The predicted molar refractivity (Wildman–Crippen MR) is 42.5 cm³/mol. The Morgan fingerprint density at radius 2 is 2.00 bits per heavy atom. The van der Waals surface area contributed by atoms with Crippen LogP contribution in [0.4, 0.5) is 0 Å². The molecule has 0 aliphatic carbocycles. The molecule has 0 radical (unpaired) electrons. The molecule has 1 heterocycles. The summed E-state index contributed by atoms with van der Waals surface area (Å²) in [6.07, 6.45) is 2.59. The van der Waals surface area contributed by atoms with Crippen LogP contribution < -0.4 is 0 Å². The number of carbonyl (C=O) groups excluding carboxylic acids is 1. The number of hydrogen-bond acceptors (Lipinski definition) is 3. The molecule has 3 nitrogen and oxygen atoms in total. The number of carbonyl (C=O) groups is 1. The maximum absolute atomic E-state index is 10.7. The lowest BCUT2D eigenvalue weighted by atomic mass is 9.93. The van der Waals surface area contributed by atoms with E-state index in [1.165, 1.54) is 0 Å². The first-order valence-corrected chi connectivity index (χ1v) is 3.92. The van der Waals surface area contributed by atoms with Crippen LogP contribution in [0.3, 0.4) is 0 Å². The number of methoxy groups -OCH3 is 1. The summed E-state index contributed by atoms with van der Waals surface area (Å²) in [4.78, 5) is 12.9. The molecule has 11 heavy (non-hydrogen) atoms. The van der Waals surface area contributed by atoms with Gasteiger partial charge in [0.1, 0.15) is 5.60 Å². The third-order valence-corrected chi connectivity index (χ3v) is 2.45. The van der Waals surface area contributed by atoms with E-state index in [0.717, 1.165) is 32.2 Å². The molecule has 1 fully saturated rings. The molecule has 0 N–H and O–H groups in total. The minimum Gasteiger partial charge on any atom is -0.371 e. The van der Waals surface area contributed by atoms with Crippen LogP contribution in [0.1, 0.15) is 12.8 Å². The van der Waals surface area contributed by atoms with Crippen LogP contribution in [0.2, 0.25) is 0 Å². The molecule has 1 aliphatic rings. The third-order valence-electron chi connectivity index (χ3n) is 2.45. The minimum atomic E-state index is -0.480. The number of hydrogen-bond donors (Lipinski definition) is 0. The number of aldehydes is 1. The average molecular weight is 157 g/mol. The molecule has 1 saturated heterocycles. The quantitative estimate of drug-likeness (QED) is 0.540. The molecule has 0 aromatic carbocycles. The van der Waals surface area contributed by atoms with E-state index in [0.29, 0.717) is 0 Å². The minimum absolute atomic E-state index is 0.480. The number of rotatable bonds is 2. The SMILES string of the molecule is COC1(C=O)CCN(C)CC1. The van der Waals surface area contributed by atoms with Gasteiger partial charge in [0.15, 0.2) is 6.29 Å². The maximum atomic E-state index is 10.7. The van der Waals surface area contributed by atoms with Crippen LogP contribution in [0, 0.1) is 0 Å². The van der Waals surface area contributed by atoms with Crippen molar-refractivity contribution in [3.8, 4) is 0 Å². The van der Waals surface area contributed by atoms with Gasteiger partial charge in [-0.2, -0.15) is 0 Å². The van der Waals surface area contributed by atoms with Crippen LogP contribution in [-0.2, 0) is 9.53 Å². The van der Waals surface area contributed by atoms with Gasteiger partial charge in [-0.1, -0.05) is 0 Å². The number of ether oxygens (including phenoxy) is 1. The maximum Gasteiger partial charge on any atom is 0.151 e. The highest BCUT2D eigenvalue weighted by Gasteiger charge is 2.32. The van der Waals surface area contributed by atoms with E-state index >= 15 is 0 Å². The van der Waals surface area contributed by atoms with Crippen molar-refractivity contribution >= 4 is 6.29 Å². The van der Waals surface area contributed by atoms with Crippen LogP contribution >= 0.6 is 0 Å². The van der Waals surface area contributed by atoms with Gasteiger partial charge in [-0.15, -0.1) is 0 Å². The normalized spacial score (nSPS) is 24.9. The van der Waals surface area contributed by atoms with Gasteiger partial charge < -0.3 is 14.4 Å². The Morgan fingerprint density at radius 3 is 2.36 bits per heavy atom. The zero-order valence-corrected chi connectivity index (χ0v) is 7.17. The van der Waals surface area contributed by atoms with Gasteiger partial charge in [-0.05, 0) is 19.9 Å². The summed E-state index contributed by atoms with van der Waals surface area (Å²) in [6.45, 7) is 1.90. The first-order chi connectivity index (χ1) is 5.22. The van der Waals surface area contributed by atoms with E-state index in [1.54, 1.807) is 7.11 Å². The third kappa shape index (κ3) is 1.79. The zero-order valence-electron chi connectivity index (χ0n) is 7.17. The molecule has 0 amide bonds. The van der Waals surface area contributed by atoms with Gasteiger partial charge in [0.25, 0.3) is 0 Å². The number of piperidine rings is 1. The summed E-state index contributed by atoms with van der Waals surface area (Å²) in [5.41, 5.74) is -0.480. The Hall–Kier alpha value is -0.410. The number of likely N-dealkylation sites (tertiary alicyclic amines) is 1. The molecular weight excluding hydrogens is 142 g/mol. The average Bonchev–Trinajstić information content (AvgIpc) is 2.07. The molecular formula is C8H15NO2. The summed E-state index contributed by atoms with van der Waals surface area (Å²) in [6, 6.07) is 0. The number of nitrogens with zero attached hydrogens (tertiary/aromatic N) is 1. The zero-order chi connectivity index (χ0) is 8.32. The summed E-state index contributed by atoms with van der Waals surface area (Å²) in [5.74, 6) is 0. The van der Waals surface area contributed by atoms with Gasteiger partial charge in [-0.25, -0.2) is 0 Å². The molecule has 0 unspecified atom stereocenters. The van der Waals surface area contributed by atoms with Crippen molar-refractivity contribution in [3.63, 3.8) is 0 Å². The second kappa shape index (κ2) is 3.32. The van der Waals surface area contributed by atoms with Crippen molar-refractivity contribution in [1.29, 1.82) is 0 Å². The molecule has 0 aromatic rings. The Balaban J connectivity index is 2.52. The van der Waals surface area contributed by atoms with E-state index in [1.807, 2.05) is 0 Å². The molecule has 0 aromatic heterocycles. The van der Waals surface area contributed by atoms with E-state index < -0.39 is 5.60 Å². The topological polar surface area (TPSA) is 29.5 Å². The van der Waals surface area contributed by atoms with Crippen molar-refractivity contribution in [2.45, 2.75) is 18.4 Å². The van der Waals surface area contributed by atoms with Crippen LogP contribution in [0.15, 0.2) is 0 Å². The van der Waals surface area contributed by atoms with Crippen LogP contribution in [0.5, 0.6) is 0 Å². The van der Waals surface area contributed by atoms with Gasteiger partial charge in [0.05, 0.1) is 0 Å². The molecule has 3 heteroatoms. The fourth-order valence-electron chi connectivity index (χ4n) is 1.37. The van der Waals surface area contributed by atoms with Crippen molar-refractivity contribution in [2.24, 2.45) is 0 Å².